The molecule has 0 saturated heterocycles. The number of amides is 1. The van der Waals surface area contributed by atoms with Gasteiger partial charge in [-0.05, 0) is 57.3 Å². The molecule has 156 valence electrons. The van der Waals surface area contributed by atoms with Crippen LogP contribution in [0.15, 0.2) is 55.3 Å². The van der Waals surface area contributed by atoms with E-state index in [-0.39, 0.29) is 12.0 Å². The molecule has 1 heterocycles. The summed E-state index contributed by atoms with van der Waals surface area (Å²) in [6, 6.07) is 8.26. The first kappa shape index (κ1) is 25.5. The van der Waals surface area contributed by atoms with E-state index in [0.717, 1.165) is 25.3 Å². The average molecular weight is 388 g/mol. The van der Waals surface area contributed by atoms with Crippen molar-refractivity contribution in [3.8, 4) is 5.75 Å². The monoisotopic (exact) mass is 387 g/mol. The number of hydrogen-bond acceptors (Lipinski definition) is 4. The quantitative estimate of drug-likeness (QED) is 0.488. The molecule has 0 radical (unpaired) electrons. The molecule has 2 rings (SSSR count). The van der Waals surface area contributed by atoms with Crippen LogP contribution in [0.5, 0.6) is 5.75 Å². The number of para-hydroxylation sites is 1. The number of hydrogen-bond donors (Lipinski definition) is 3. The van der Waals surface area contributed by atoms with Crippen LogP contribution in [0.2, 0.25) is 0 Å². The van der Waals surface area contributed by atoms with Crippen LogP contribution in [-0.4, -0.2) is 32.1 Å². The summed E-state index contributed by atoms with van der Waals surface area (Å²) in [5.41, 5.74) is 7.16. The lowest BCUT2D eigenvalue weighted by atomic mass is 10.0. The maximum Gasteiger partial charge on any atom is 0.223 e. The zero-order valence-corrected chi connectivity index (χ0v) is 17.8. The van der Waals surface area contributed by atoms with Crippen molar-refractivity contribution in [1.29, 1.82) is 0 Å². The number of carbonyl (C=O) groups is 1. The molecular weight excluding hydrogens is 350 g/mol. The van der Waals surface area contributed by atoms with Crippen molar-refractivity contribution in [3.05, 3.63) is 60.8 Å². The lowest BCUT2D eigenvalue weighted by Crippen LogP contribution is -2.25. The Kier molecular flexibility index (Phi) is 15.1. The van der Waals surface area contributed by atoms with E-state index in [1.807, 2.05) is 25.1 Å². The van der Waals surface area contributed by atoms with E-state index in [9.17, 15) is 4.79 Å². The summed E-state index contributed by atoms with van der Waals surface area (Å²) < 4.78 is 5.97. The third-order valence-electron chi connectivity index (χ3n) is 3.88. The number of nitrogens with two attached hydrogens (primary N) is 1. The number of nitrogens with one attached hydrogen (secondary N) is 2. The van der Waals surface area contributed by atoms with Gasteiger partial charge in [0.25, 0.3) is 0 Å². The van der Waals surface area contributed by atoms with Crippen molar-refractivity contribution in [2.75, 3.05) is 20.1 Å². The van der Waals surface area contributed by atoms with Crippen molar-refractivity contribution in [2.24, 2.45) is 5.73 Å². The number of carbonyl (C=O) groups excluding carboxylic acids is 1. The second-order valence-electron chi connectivity index (χ2n) is 6.22. The minimum Gasteiger partial charge on any atom is -0.486 e. The second-order valence-corrected chi connectivity index (χ2v) is 6.22. The molecule has 0 fully saturated rings. The molecule has 1 aromatic carbocycles. The van der Waals surface area contributed by atoms with Crippen LogP contribution in [0.1, 0.15) is 45.6 Å². The molecule has 28 heavy (non-hydrogen) atoms. The van der Waals surface area contributed by atoms with Crippen LogP contribution in [0.25, 0.3) is 5.57 Å². The van der Waals surface area contributed by atoms with E-state index in [2.05, 4.69) is 61.1 Å². The molecule has 1 aliphatic rings. The lowest BCUT2D eigenvalue weighted by Gasteiger charge is -2.24. The Labute approximate surface area is 170 Å². The molecule has 1 atom stereocenters. The molecule has 1 unspecified atom stereocenters. The van der Waals surface area contributed by atoms with Crippen molar-refractivity contribution in [3.63, 3.8) is 0 Å². The van der Waals surface area contributed by atoms with Crippen LogP contribution >= 0.6 is 0 Å². The SMILES string of the molecule is C/C=C\CC(=O)NC.C=CN.CCCNCCC1C=C(C)c2ccccc2O1. The van der Waals surface area contributed by atoms with Crippen LogP contribution in [0.4, 0.5) is 0 Å². The fourth-order valence-electron chi connectivity index (χ4n) is 2.48. The summed E-state index contributed by atoms with van der Waals surface area (Å²) in [5, 5.41) is 5.92. The van der Waals surface area contributed by atoms with Gasteiger partial charge in [0, 0.05) is 25.5 Å². The summed E-state index contributed by atoms with van der Waals surface area (Å²) >= 11 is 0. The first-order chi connectivity index (χ1) is 13.5. The van der Waals surface area contributed by atoms with Gasteiger partial charge >= 0.3 is 0 Å². The summed E-state index contributed by atoms with van der Waals surface area (Å²) in [7, 11) is 1.63. The Morgan fingerprint density at radius 1 is 1.32 bits per heavy atom. The second kappa shape index (κ2) is 16.6. The van der Waals surface area contributed by atoms with Gasteiger partial charge in [-0.1, -0.05) is 43.9 Å². The molecule has 5 nitrogen and oxygen atoms in total. The van der Waals surface area contributed by atoms with Gasteiger partial charge in [-0.3, -0.25) is 4.79 Å². The normalized spacial score (nSPS) is 14.3. The largest absolute Gasteiger partial charge is 0.486 e. The number of benzene rings is 1. The molecule has 0 aliphatic carbocycles. The highest BCUT2D eigenvalue weighted by Crippen LogP contribution is 2.31. The van der Waals surface area contributed by atoms with Crippen molar-refractivity contribution >= 4 is 11.5 Å². The molecule has 0 aromatic heterocycles. The standard InChI is InChI=1S/C15H21NO.C6H11NO.C2H5N/c1-3-9-16-10-8-13-11-12(2)14-6-4-5-7-15(14)17-13;1-3-4-5-6(8)7-2;1-2-3/h4-7,11,13,16H,3,8-10H2,1-2H3;3-4H,5H2,1-2H3,(H,7,8);2H,1,3H2/b;4-3-;. The number of rotatable bonds is 7. The van der Waals surface area contributed by atoms with Gasteiger partial charge < -0.3 is 21.1 Å². The Hall–Kier alpha value is -2.53. The Morgan fingerprint density at radius 2 is 2.00 bits per heavy atom. The highest BCUT2D eigenvalue weighted by Gasteiger charge is 2.17. The lowest BCUT2D eigenvalue weighted by molar-refractivity contribution is -0.119. The minimum absolute atomic E-state index is 0.0584. The number of ether oxygens (including phenoxy) is 1. The van der Waals surface area contributed by atoms with Crippen LogP contribution in [0, 0.1) is 0 Å². The van der Waals surface area contributed by atoms with E-state index in [1.54, 1.807) is 7.05 Å². The van der Waals surface area contributed by atoms with Gasteiger partial charge in [0.2, 0.25) is 5.91 Å². The molecule has 1 aliphatic heterocycles. The van der Waals surface area contributed by atoms with Gasteiger partial charge in [0.1, 0.15) is 11.9 Å². The zero-order chi connectivity index (χ0) is 21.2. The van der Waals surface area contributed by atoms with Gasteiger partial charge in [-0.15, -0.1) is 0 Å². The van der Waals surface area contributed by atoms with E-state index in [1.165, 1.54) is 23.8 Å². The smallest absolute Gasteiger partial charge is 0.223 e. The predicted octanol–water partition coefficient (Wildman–Crippen LogP) is 4.03. The molecule has 1 aromatic rings. The van der Waals surface area contributed by atoms with Gasteiger partial charge in [0.05, 0.1) is 0 Å². The van der Waals surface area contributed by atoms with Crippen molar-refractivity contribution in [1.82, 2.24) is 10.6 Å². The van der Waals surface area contributed by atoms with Crippen LogP contribution in [0.3, 0.4) is 0 Å². The first-order valence-electron chi connectivity index (χ1n) is 9.83. The first-order valence-corrected chi connectivity index (χ1v) is 9.83. The van der Waals surface area contributed by atoms with Crippen molar-refractivity contribution < 1.29 is 9.53 Å². The summed E-state index contributed by atoms with van der Waals surface area (Å²) in [6.07, 6.45) is 10.1. The fraction of sp³-hybridized carbons (Fsp3) is 0.435. The van der Waals surface area contributed by atoms with Crippen LogP contribution in [-0.2, 0) is 4.79 Å². The van der Waals surface area contributed by atoms with E-state index in [4.69, 9.17) is 4.74 Å². The summed E-state index contributed by atoms with van der Waals surface area (Å²) in [4.78, 5) is 10.4. The third-order valence-corrected chi connectivity index (χ3v) is 3.88. The molecule has 0 saturated carbocycles. The predicted molar refractivity (Wildman–Crippen MR) is 120 cm³/mol. The van der Waals surface area contributed by atoms with Crippen molar-refractivity contribution in [2.45, 2.75) is 46.1 Å². The maximum atomic E-state index is 10.4. The highest BCUT2D eigenvalue weighted by atomic mass is 16.5. The third kappa shape index (κ3) is 11.2. The van der Waals surface area contributed by atoms with Gasteiger partial charge in [-0.2, -0.15) is 0 Å². The van der Waals surface area contributed by atoms with Gasteiger partial charge in [0.15, 0.2) is 0 Å². The number of fused-ring (bicyclic) bond motifs is 1. The maximum absolute atomic E-state index is 10.4. The number of allylic oxidation sites excluding steroid dienone is 2. The zero-order valence-electron chi connectivity index (χ0n) is 17.8. The molecule has 0 bridgehead atoms. The fourth-order valence-corrected chi connectivity index (χ4v) is 2.48. The van der Waals surface area contributed by atoms with E-state index < -0.39 is 0 Å². The molecule has 5 heteroatoms. The Bertz CT molecular complexity index is 624. The molecule has 4 N–H and O–H groups in total. The van der Waals surface area contributed by atoms with Gasteiger partial charge in [-0.25, -0.2) is 0 Å². The average Bonchev–Trinajstić information content (AvgIpc) is 2.70. The van der Waals surface area contributed by atoms with E-state index in [0.29, 0.717) is 6.42 Å². The minimum atomic E-state index is 0.0584. The summed E-state index contributed by atoms with van der Waals surface area (Å²) in [6.45, 7) is 11.5. The Balaban J connectivity index is 0.000000558. The molecule has 0 spiro atoms. The molecule has 1 amide bonds. The highest BCUT2D eigenvalue weighted by molar-refractivity contribution is 5.76. The topological polar surface area (TPSA) is 76.4 Å². The summed E-state index contributed by atoms with van der Waals surface area (Å²) in [5.74, 6) is 1.08. The Morgan fingerprint density at radius 3 is 2.61 bits per heavy atom. The van der Waals surface area contributed by atoms with Crippen LogP contribution < -0.4 is 21.1 Å². The molecular formula is C23H37N3O2. The van der Waals surface area contributed by atoms with E-state index >= 15 is 0 Å².